The standard InChI is InChI=1S/C18H18N6O/c1-2-3-8-18(23-24-18)9-12-19-16(25)14-6-4-7-15(13-14)22-17-20-10-5-11-21-17/h1,4-7,10-11,13H,3,8-9,12H2,(H,19,25)(H,20,21,22). The zero-order valence-corrected chi connectivity index (χ0v) is 13.6. The highest BCUT2D eigenvalue weighted by molar-refractivity contribution is 5.95. The largest absolute Gasteiger partial charge is 0.352 e. The predicted octanol–water partition coefficient (Wildman–Crippen LogP) is 2.92. The summed E-state index contributed by atoms with van der Waals surface area (Å²) in [5, 5.41) is 14.1. The number of carbonyl (C=O) groups is 1. The van der Waals surface area contributed by atoms with E-state index >= 15 is 0 Å². The highest BCUT2D eigenvalue weighted by Gasteiger charge is 2.38. The zero-order chi connectivity index (χ0) is 17.5. The van der Waals surface area contributed by atoms with Crippen LogP contribution in [0.5, 0.6) is 0 Å². The first-order valence-corrected chi connectivity index (χ1v) is 8.01. The highest BCUT2D eigenvalue weighted by atomic mass is 16.1. The second-order valence-electron chi connectivity index (χ2n) is 5.67. The quantitative estimate of drug-likeness (QED) is 0.726. The number of hydrogen-bond acceptors (Lipinski definition) is 6. The molecular weight excluding hydrogens is 316 g/mol. The van der Waals surface area contributed by atoms with Gasteiger partial charge in [-0.25, -0.2) is 9.97 Å². The Labute approximate surface area is 146 Å². The van der Waals surface area contributed by atoms with Gasteiger partial charge >= 0.3 is 0 Å². The molecule has 7 heteroatoms. The first kappa shape index (κ1) is 16.6. The van der Waals surface area contributed by atoms with Crippen molar-refractivity contribution in [2.24, 2.45) is 10.2 Å². The van der Waals surface area contributed by atoms with E-state index in [0.717, 1.165) is 12.1 Å². The molecule has 0 radical (unpaired) electrons. The Hall–Kier alpha value is -3.27. The summed E-state index contributed by atoms with van der Waals surface area (Å²) in [5.74, 6) is 2.92. The van der Waals surface area contributed by atoms with Crippen molar-refractivity contribution < 1.29 is 4.79 Å². The lowest BCUT2D eigenvalue weighted by Gasteiger charge is -2.10. The third-order valence-corrected chi connectivity index (χ3v) is 3.81. The molecule has 0 aliphatic carbocycles. The predicted molar refractivity (Wildman–Crippen MR) is 94.4 cm³/mol. The fourth-order valence-electron chi connectivity index (χ4n) is 2.38. The van der Waals surface area contributed by atoms with E-state index in [0.29, 0.717) is 30.9 Å². The highest BCUT2D eigenvalue weighted by Crippen LogP contribution is 2.36. The minimum absolute atomic E-state index is 0.148. The molecule has 0 spiro atoms. The molecule has 2 aromatic rings. The van der Waals surface area contributed by atoms with Crippen LogP contribution in [0, 0.1) is 12.3 Å². The van der Waals surface area contributed by atoms with E-state index in [1.165, 1.54) is 0 Å². The van der Waals surface area contributed by atoms with Gasteiger partial charge in [0, 0.05) is 49.5 Å². The van der Waals surface area contributed by atoms with Crippen molar-refractivity contribution in [1.82, 2.24) is 15.3 Å². The Bertz CT molecular complexity index is 806. The maximum absolute atomic E-state index is 12.3. The summed E-state index contributed by atoms with van der Waals surface area (Å²) in [5.41, 5.74) is 0.924. The van der Waals surface area contributed by atoms with Crippen LogP contribution < -0.4 is 10.6 Å². The van der Waals surface area contributed by atoms with Crippen molar-refractivity contribution in [1.29, 1.82) is 0 Å². The number of amides is 1. The fourth-order valence-corrected chi connectivity index (χ4v) is 2.38. The Morgan fingerprint density at radius 2 is 1.96 bits per heavy atom. The van der Waals surface area contributed by atoms with Crippen molar-refractivity contribution in [3.8, 4) is 12.3 Å². The summed E-state index contributed by atoms with van der Waals surface area (Å²) in [7, 11) is 0. The number of anilines is 2. The lowest BCUT2D eigenvalue weighted by molar-refractivity contribution is 0.0952. The molecule has 0 saturated heterocycles. The van der Waals surface area contributed by atoms with Crippen molar-refractivity contribution >= 4 is 17.5 Å². The molecule has 3 rings (SSSR count). The Morgan fingerprint density at radius 1 is 1.16 bits per heavy atom. The molecule has 0 atom stereocenters. The summed E-state index contributed by atoms with van der Waals surface area (Å²) in [6.07, 6.45) is 10.6. The van der Waals surface area contributed by atoms with Gasteiger partial charge in [0.15, 0.2) is 5.66 Å². The molecule has 0 bridgehead atoms. The van der Waals surface area contributed by atoms with Gasteiger partial charge < -0.3 is 10.6 Å². The van der Waals surface area contributed by atoms with Gasteiger partial charge in [0.2, 0.25) is 5.95 Å². The van der Waals surface area contributed by atoms with Crippen molar-refractivity contribution in [2.75, 3.05) is 11.9 Å². The van der Waals surface area contributed by atoms with Crippen LogP contribution in [0.2, 0.25) is 0 Å². The first-order chi connectivity index (χ1) is 12.2. The van der Waals surface area contributed by atoms with Gasteiger partial charge in [-0.3, -0.25) is 4.79 Å². The number of nitrogens with zero attached hydrogens (tertiary/aromatic N) is 4. The van der Waals surface area contributed by atoms with Crippen LogP contribution in [0.15, 0.2) is 53.0 Å². The minimum Gasteiger partial charge on any atom is -0.352 e. The number of benzene rings is 1. The molecule has 2 heterocycles. The summed E-state index contributed by atoms with van der Waals surface area (Å²) in [6, 6.07) is 8.91. The molecule has 126 valence electrons. The summed E-state index contributed by atoms with van der Waals surface area (Å²) in [6.45, 7) is 0.496. The third-order valence-electron chi connectivity index (χ3n) is 3.81. The van der Waals surface area contributed by atoms with Crippen molar-refractivity contribution in [2.45, 2.75) is 24.9 Å². The number of hydrogen-bond donors (Lipinski definition) is 2. The van der Waals surface area contributed by atoms with Crippen LogP contribution in [0.25, 0.3) is 0 Å². The van der Waals surface area contributed by atoms with Gasteiger partial charge in [-0.2, -0.15) is 10.2 Å². The molecular formula is C18H18N6O. The van der Waals surface area contributed by atoms with Gasteiger partial charge in [-0.15, -0.1) is 12.3 Å². The lowest BCUT2D eigenvalue weighted by atomic mass is 10.0. The summed E-state index contributed by atoms with van der Waals surface area (Å²) < 4.78 is 0. The van der Waals surface area contributed by atoms with Crippen LogP contribution >= 0.6 is 0 Å². The Kier molecular flexibility index (Phi) is 5.00. The van der Waals surface area contributed by atoms with E-state index < -0.39 is 0 Å². The number of rotatable bonds is 8. The molecule has 0 saturated carbocycles. The molecule has 1 aliphatic rings. The summed E-state index contributed by atoms with van der Waals surface area (Å²) in [4.78, 5) is 20.5. The van der Waals surface area contributed by atoms with Gasteiger partial charge in [-0.05, 0) is 24.3 Å². The normalized spacial score (nSPS) is 13.7. The molecule has 2 N–H and O–H groups in total. The van der Waals surface area contributed by atoms with E-state index in [1.807, 2.05) is 6.07 Å². The van der Waals surface area contributed by atoms with Gasteiger partial charge in [0.05, 0.1) is 0 Å². The van der Waals surface area contributed by atoms with Crippen LogP contribution in [0.1, 0.15) is 29.6 Å². The average Bonchev–Trinajstić information content (AvgIpc) is 3.41. The van der Waals surface area contributed by atoms with E-state index in [9.17, 15) is 4.79 Å². The van der Waals surface area contributed by atoms with Crippen molar-refractivity contribution in [3.05, 3.63) is 48.3 Å². The van der Waals surface area contributed by atoms with Crippen LogP contribution in [-0.2, 0) is 0 Å². The SMILES string of the molecule is C#CCCC1(CCNC(=O)c2cccc(Nc3ncccn3)c2)N=N1. The third kappa shape index (κ3) is 4.61. The monoisotopic (exact) mass is 334 g/mol. The topological polar surface area (TPSA) is 91.6 Å². The Morgan fingerprint density at radius 3 is 2.68 bits per heavy atom. The van der Waals surface area contributed by atoms with E-state index in [4.69, 9.17) is 6.42 Å². The molecule has 7 nitrogen and oxygen atoms in total. The van der Waals surface area contributed by atoms with Crippen LogP contribution in [0.3, 0.4) is 0 Å². The van der Waals surface area contributed by atoms with Gasteiger partial charge in [0.1, 0.15) is 0 Å². The molecule has 1 aliphatic heterocycles. The zero-order valence-electron chi connectivity index (χ0n) is 13.6. The van der Waals surface area contributed by atoms with Gasteiger partial charge in [0.25, 0.3) is 5.91 Å². The summed E-state index contributed by atoms with van der Waals surface area (Å²) >= 11 is 0. The average molecular weight is 334 g/mol. The molecule has 0 unspecified atom stereocenters. The maximum Gasteiger partial charge on any atom is 0.251 e. The van der Waals surface area contributed by atoms with Gasteiger partial charge in [-0.1, -0.05) is 6.07 Å². The number of nitrogens with one attached hydrogen (secondary N) is 2. The molecule has 0 fully saturated rings. The van der Waals surface area contributed by atoms with E-state index in [-0.39, 0.29) is 11.6 Å². The number of carbonyl (C=O) groups excluding carboxylic acids is 1. The minimum atomic E-state index is -0.381. The smallest absolute Gasteiger partial charge is 0.251 e. The maximum atomic E-state index is 12.3. The molecule has 1 aromatic carbocycles. The molecule has 1 amide bonds. The van der Waals surface area contributed by atoms with Crippen molar-refractivity contribution in [3.63, 3.8) is 0 Å². The number of terminal acetylenes is 1. The van der Waals surface area contributed by atoms with Crippen LogP contribution in [-0.4, -0.2) is 28.1 Å². The fraction of sp³-hybridized carbons (Fsp3) is 0.278. The molecule has 1 aromatic heterocycles. The number of aromatic nitrogens is 2. The second-order valence-corrected chi connectivity index (χ2v) is 5.67. The van der Waals surface area contributed by atoms with E-state index in [2.05, 4.69) is 36.8 Å². The first-order valence-electron chi connectivity index (χ1n) is 8.01. The molecule has 25 heavy (non-hydrogen) atoms. The lowest BCUT2D eigenvalue weighted by Crippen LogP contribution is -2.28. The second kappa shape index (κ2) is 7.53. The Balaban J connectivity index is 1.52. The van der Waals surface area contributed by atoms with E-state index in [1.54, 1.807) is 36.7 Å². The van der Waals surface area contributed by atoms with Crippen LogP contribution in [0.4, 0.5) is 11.6 Å².